The molecule has 0 bridgehead atoms. The highest BCUT2D eigenvalue weighted by molar-refractivity contribution is 7.13. The van der Waals surface area contributed by atoms with Crippen LogP contribution in [0, 0.1) is 0 Å². The first-order valence-corrected chi connectivity index (χ1v) is 4.46. The highest BCUT2D eigenvalue weighted by Crippen LogP contribution is 2.23. The Kier molecular flexibility index (Phi) is 1.93. The van der Waals surface area contributed by atoms with Gasteiger partial charge < -0.3 is 10.2 Å². The lowest BCUT2D eigenvalue weighted by atomic mass is 10.4. The van der Waals surface area contributed by atoms with E-state index in [4.69, 9.17) is 10.2 Å². The van der Waals surface area contributed by atoms with E-state index in [0.717, 1.165) is 16.5 Å². The molecule has 2 heterocycles. The van der Waals surface area contributed by atoms with Crippen LogP contribution in [0.25, 0.3) is 10.8 Å². The summed E-state index contributed by atoms with van der Waals surface area (Å²) < 4.78 is 5.18. The topological polar surface area (TPSA) is 52.0 Å². The normalized spacial score (nSPS) is 10.4. The summed E-state index contributed by atoms with van der Waals surface area (Å²) in [6.45, 7) is 0.483. The van der Waals surface area contributed by atoms with Gasteiger partial charge in [-0.15, -0.1) is 11.3 Å². The summed E-state index contributed by atoms with van der Waals surface area (Å²) in [6, 6.07) is 3.73. The van der Waals surface area contributed by atoms with Crippen LogP contribution in [0.5, 0.6) is 0 Å². The number of rotatable bonds is 2. The van der Waals surface area contributed by atoms with Gasteiger partial charge in [0.2, 0.25) is 0 Å². The van der Waals surface area contributed by atoms with Crippen LogP contribution >= 0.6 is 11.3 Å². The van der Waals surface area contributed by atoms with E-state index >= 15 is 0 Å². The van der Waals surface area contributed by atoms with Crippen LogP contribution in [-0.2, 0) is 6.54 Å². The fourth-order valence-corrected chi connectivity index (χ4v) is 1.71. The Hall–Kier alpha value is -1.13. The van der Waals surface area contributed by atoms with Gasteiger partial charge in [-0.25, -0.2) is 4.98 Å². The van der Waals surface area contributed by atoms with Gasteiger partial charge in [-0.2, -0.15) is 0 Å². The zero-order chi connectivity index (χ0) is 8.39. The lowest BCUT2D eigenvalue weighted by Gasteiger charge is -1.86. The summed E-state index contributed by atoms with van der Waals surface area (Å²) in [5, 5.41) is 2.83. The number of thiazole rings is 1. The number of hydrogen-bond donors (Lipinski definition) is 1. The Bertz CT molecular complexity index is 353. The van der Waals surface area contributed by atoms with Crippen molar-refractivity contribution in [2.45, 2.75) is 6.54 Å². The SMILES string of the molecule is NCc1csc(-c2ccco2)n1. The molecule has 0 radical (unpaired) electrons. The van der Waals surface area contributed by atoms with E-state index in [1.54, 1.807) is 17.6 Å². The lowest BCUT2D eigenvalue weighted by Crippen LogP contribution is -1.95. The molecule has 0 unspecified atom stereocenters. The summed E-state index contributed by atoms with van der Waals surface area (Å²) in [4.78, 5) is 4.27. The Morgan fingerprint density at radius 3 is 3.08 bits per heavy atom. The fraction of sp³-hybridized carbons (Fsp3) is 0.125. The maximum absolute atomic E-state index is 5.43. The molecule has 0 aliphatic carbocycles. The molecule has 2 aromatic heterocycles. The Balaban J connectivity index is 2.35. The van der Waals surface area contributed by atoms with Crippen LogP contribution in [0.3, 0.4) is 0 Å². The van der Waals surface area contributed by atoms with Crippen molar-refractivity contribution in [1.82, 2.24) is 4.98 Å². The lowest BCUT2D eigenvalue weighted by molar-refractivity contribution is 0.581. The monoisotopic (exact) mass is 180 g/mol. The summed E-state index contributed by atoms with van der Waals surface area (Å²) in [5.41, 5.74) is 6.34. The van der Waals surface area contributed by atoms with Gasteiger partial charge in [0.25, 0.3) is 0 Å². The van der Waals surface area contributed by atoms with E-state index < -0.39 is 0 Å². The summed E-state index contributed by atoms with van der Waals surface area (Å²) in [5.74, 6) is 0.805. The fourth-order valence-electron chi connectivity index (χ4n) is 0.914. The van der Waals surface area contributed by atoms with Crippen molar-refractivity contribution in [3.8, 4) is 10.8 Å². The van der Waals surface area contributed by atoms with Crippen LogP contribution in [-0.4, -0.2) is 4.98 Å². The van der Waals surface area contributed by atoms with Crippen LogP contribution < -0.4 is 5.73 Å². The second kappa shape index (κ2) is 3.08. The minimum atomic E-state index is 0.483. The number of furan rings is 1. The van der Waals surface area contributed by atoms with E-state index in [2.05, 4.69) is 4.98 Å². The maximum Gasteiger partial charge on any atom is 0.162 e. The molecule has 2 N–H and O–H groups in total. The predicted octanol–water partition coefficient (Wildman–Crippen LogP) is 1.86. The van der Waals surface area contributed by atoms with Crippen molar-refractivity contribution in [2.75, 3.05) is 0 Å². The number of aromatic nitrogens is 1. The first kappa shape index (κ1) is 7.52. The molecule has 0 fully saturated rings. The number of nitrogens with zero attached hydrogens (tertiary/aromatic N) is 1. The van der Waals surface area contributed by atoms with Gasteiger partial charge >= 0.3 is 0 Å². The number of hydrogen-bond acceptors (Lipinski definition) is 4. The largest absolute Gasteiger partial charge is 0.462 e. The minimum absolute atomic E-state index is 0.483. The van der Waals surface area contributed by atoms with E-state index in [0.29, 0.717) is 6.54 Å². The molecule has 2 aromatic rings. The molecular formula is C8H8N2OS. The zero-order valence-corrected chi connectivity index (χ0v) is 7.17. The van der Waals surface area contributed by atoms with Crippen molar-refractivity contribution in [1.29, 1.82) is 0 Å². The minimum Gasteiger partial charge on any atom is -0.462 e. The van der Waals surface area contributed by atoms with Gasteiger partial charge in [0.15, 0.2) is 10.8 Å². The first-order chi connectivity index (χ1) is 5.90. The Labute approximate surface area is 73.8 Å². The highest BCUT2D eigenvalue weighted by atomic mass is 32.1. The third-order valence-corrected chi connectivity index (χ3v) is 2.40. The van der Waals surface area contributed by atoms with Crippen molar-refractivity contribution in [3.63, 3.8) is 0 Å². The second-order valence-electron chi connectivity index (χ2n) is 2.33. The van der Waals surface area contributed by atoms with Gasteiger partial charge in [0.1, 0.15) is 0 Å². The molecule has 0 amide bonds. The second-order valence-corrected chi connectivity index (χ2v) is 3.18. The van der Waals surface area contributed by atoms with Crippen molar-refractivity contribution in [2.24, 2.45) is 5.73 Å². The van der Waals surface area contributed by atoms with Crippen molar-refractivity contribution >= 4 is 11.3 Å². The van der Waals surface area contributed by atoms with E-state index in [1.807, 2.05) is 17.5 Å². The van der Waals surface area contributed by atoms with Gasteiger partial charge in [0, 0.05) is 11.9 Å². The average molecular weight is 180 g/mol. The van der Waals surface area contributed by atoms with E-state index in [1.165, 1.54) is 0 Å². The van der Waals surface area contributed by atoms with E-state index in [9.17, 15) is 0 Å². The third-order valence-electron chi connectivity index (χ3n) is 1.49. The summed E-state index contributed by atoms with van der Waals surface area (Å²) in [6.07, 6.45) is 1.64. The summed E-state index contributed by atoms with van der Waals surface area (Å²) in [7, 11) is 0. The van der Waals surface area contributed by atoms with Crippen LogP contribution in [0.1, 0.15) is 5.69 Å². The molecule has 0 saturated heterocycles. The highest BCUT2D eigenvalue weighted by Gasteiger charge is 2.04. The predicted molar refractivity (Wildman–Crippen MR) is 47.7 cm³/mol. The third kappa shape index (κ3) is 1.26. The van der Waals surface area contributed by atoms with Crippen LogP contribution in [0.2, 0.25) is 0 Å². The van der Waals surface area contributed by atoms with Crippen molar-refractivity contribution in [3.05, 3.63) is 29.5 Å². The first-order valence-electron chi connectivity index (χ1n) is 3.58. The van der Waals surface area contributed by atoms with E-state index in [-0.39, 0.29) is 0 Å². The smallest absolute Gasteiger partial charge is 0.162 e. The van der Waals surface area contributed by atoms with Gasteiger partial charge in [-0.05, 0) is 12.1 Å². The van der Waals surface area contributed by atoms with Gasteiger partial charge in [-0.1, -0.05) is 0 Å². The molecule has 12 heavy (non-hydrogen) atoms. The molecule has 0 spiro atoms. The van der Waals surface area contributed by atoms with Gasteiger partial charge in [0.05, 0.1) is 12.0 Å². The Morgan fingerprint density at radius 2 is 2.50 bits per heavy atom. The van der Waals surface area contributed by atoms with Gasteiger partial charge in [-0.3, -0.25) is 0 Å². The molecule has 0 aliphatic heterocycles. The molecular weight excluding hydrogens is 172 g/mol. The van der Waals surface area contributed by atoms with Crippen LogP contribution in [0.4, 0.5) is 0 Å². The molecule has 0 saturated carbocycles. The summed E-state index contributed by atoms with van der Waals surface area (Å²) >= 11 is 1.55. The maximum atomic E-state index is 5.43. The average Bonchev–Trinajstić information content (AvgIpc) is 2.75. The Morgan fingerprint density at radius 1 is 1.58 bits per heavy atom. The molecule has 0 aliphatic rings. The number of nitrogens with two attached hydrogens (primary N) is 1. The molecule has 3 nitrogen and oxygen atoms in total. The van der Waals surface area contributed by atoms with Crippen LogP contribution in [0.15, 0.2) is 28.2 Å². The van der Waals surface area contributed by atoms with Crippen molar-refractivity contribution < 1.29 is 4.42 Å². The molecule has 4 heteroatoms. The quantitative estimate of drug-likeness (QED) is 0.767. The molecule has 0 atom stereocenters. The molecule has 2 rings (SSSR count). The molecule has 0 aromatic carbocycles. The zero-order valence-electron chi connectivity index (χ0n) is 6.36. The molecule has 62 valence electrons. The standard InChI is InChI=1S/C8H8N2OS/c9-4-6-5-12-8(10-6)7-2-1-3-11-7/h1-3,5H,4,9H2.